The summed E-state index contributed by atoms with van der Waals surface area (Å²) in [5, 5.41) is 5.85. The van der Waals surface area contributed by atoms with Crippen molar-refractivity contribution in [1.82, 2.24) is 9.62 Å². The summed E-state index contributed by atoms with van der Waals surface area (Å²) in [6, 6.07) is 21.0. The number of hydrogen-bond acceptors (Lipinski definition) is 3. The predicted octanol–water partition coefficient (Wildman–Crippen LogP) is 4.35. The van der Waals surface area contributed by atoms with Crippen molar-refractivity contribution in [3.8, 4) is 0 Å². The number of halogens is 1. The van der Waals surface area contributed by atoms with Crippen molar-refractivity contribution in [2.24, 2.45) is 5.92 Å². The van der Waals surface area contributed by atoms with Crippen molar-refractivity contribution in [1.29, 1.82) is 0 Å². The first-order valence-corrected chi connectivity index (χ1v) is 12.4. The summed E-state index contributed by atoms with van der Waals surface area (Å²) >= 11 is 5.88. The van der Waals surface area contributed by atoms with Gasteiger partial charge in [0.15, 0.2) is 0 Å². The van der Waals surface area contributed by atoms with Crippen LogP contribution in [-0.2, 0) is 27.1 Å². The molecule has 0 radical (unpaired) electrons. The normalized spacial score (nSPS) is 17.5. The van der Waals surface area contributed by atoms with Gasteiger partial charge in [-0.05, 0) is 52.9 Å². The number of amides is 1. The molecule has 162 valence electrons. The average molecular weight is 457 g/mol. The molecule has 4 rings (SSSR count). The molecule has 1 saturated heterocycles. The van der Waals surface area contributed by atoms with Gasteiger partial charge < -0.3 is 5.32 Å². The topological polar surface area (TPSA) is 66.5 Å². The third-order valence-corrected chi connectivity index (χ3v) is 7.76. The van der Waals surface area contributed by atoms with Crippen LogP contribution < -0.4 is 5.32 Å². The number of piperidine rings is 1. The molecule has 0 bridgehead atoms. The van der Waals surface area contributed by atoms with Crippen molar-refractivity contribution in [2.45, 2.75) is 25.1 Å². The molecule has 5 nitrogen and oxygen atoms in total. The Balaban J connectivity index is 1.36. The fourth-order valence-electron chi connectivity index (χ4n) is 3.97. The van der Waals surface area contributed by atoms with Crippen LogP contribution in [-0.4, -0.2) is 31.7 Å². The van der Waals surface area contributed by atoms with Gasteiger partial charge >= 0.3 is 0 Å². The first-order valence-electron chi connectivity index (χ1n) is 10.4. The quantitative estimate of drug-likeness (QED) is 0.599. The largest absolute Gasteiger partial charge is 0.352 e. The Kier molecular flexibility index (Phi) is 6.60. The zero-order chi connectivity index (χ0) is 21.8. The minimum atomic E-state index is -3.50. The summed E-state index contributed by atoms with van der Waals surface area (Å²) in [5.74, 6) is -0.524. The molecular weight excluding hydrogens is 432 g/mol. The molecule has 3 aromatic carbocycles. The van der Waals surface area contributed by atoms with Gasteiger partial charge in [-0.15, -0.1) is 0 Å². The molecular formula is C24H25ClN2O3S. The van der Waals surface area contributed by atoms with Gasteiger partial charge in [-0.1, -0.05) is 60.1 Å². The lowest BCUT2D eigenvalue weighted by Gasteiger charge is -2.31. The van der Waals surface area contributed by atoms with Gasteiger partial charge in [0.2, 0.25) is 15.9 Å². The summed E-state index contributed by atoms with van der Waals surface area (Å²) in [6.45, 7) is 1.10. The van der Waals surface area contributed by atoms with Crippen molar-refractivity contribution < 1.29 is 13.2 Å². The molecule has 1 amide bonds. The van der Waals surface area contributed by atoms with Crippen LogP contribution in [0, 0.1) is 5.92 Å². The number of hydrogen-bond donors (Lipinski definition) is 1. The number of nitrogens with zero attached hydrogens (tertiary/aromatic N) is 1. The average Bonchev–Trinajstić information content (AvgIpc) is 2.79. The highest BCUT2D eigenvalue weighted by Gasteiger charge is 2.32. The third-order valence-electron chi connectivity index (χ3n) is 5.69. The second-order valence-corrected chi connectivity index (χ2v) is 10.4. The van der Waals surface area contributed by atoms with Crippen molar-refractivity contribution in [3.63, 3.8) is 0 Å². The number of nitrogens with one attached hydrogen (secondary N) is 1. The van der Waals surface area contributed by atoms with Gasteiger partial charge in [-0.25, -0.2) is 12.7 Å². The number of fused-ring (bicyclic) bond motifs is 1. The number of sulfonamides is 1. The summed E-state index contributed by atoms with van der Waals surface area (Å²) in [4.78, 5) is 12.8. The van der Waals surface area contributed by atoms with Gasteiger partial charge in [-0.3, -0.25) is 4.79 Å². The van der Waals surface area contributed by atoms with E-state index < -0.39 is 10.0 Å². The Bertz CT molecular complexity index is 1180. The standard InChI is InChI=1S/C24H25ClN2O3S/c25-23-11-8-18(9-12-23)17-31(29,30)27-13-3-6-22(16-27)24(28)26-15-19-7-10-20-4-1-2-5-21(20)14-19/h1-2,4-5,7-12,14,22H,3,6,13,15-17H2,(H,26,28). The second kappa shape index (κ2) is 9.39. The molecule has 7 heteroatoms. The summed E-state index contributed by atoms with van der Waals surface area (Å²) in [6.07, 6.45) is 1.37. The highest BCUT2D eigenvalue weighted by Crippen LogP contribution is 2.23. The minimum Gasteiger partial charge on any atom is -0.352 e. The fraction of sp³-hybridized carbons (Fsp3) is 0.292. The van der Waals surface area contributed by atoms with Crippen LogP contribution in [0.2, 0.25) is 5.02 Å². The molecule has 1 unspecified atom stereocenters. The Morgan fingerprint density at radius 3 is 2.48 bits per heavy atom. The van der Waals surface area contributed by atoms with Crippen LogP contribution in [0.15, 0.2) is 66.7 Å². The first-order chi connectivity index (χ1) is 14.9. The molecule has 1 N–H and O–H groups in total. The van der Waals surface area contributed by atoms with Crippen LogP contribution >= 0.6 is 11.6 Å². The van der Waals surface area contributed by atoms with E-state index in [1.54, 1.807) is 24.3 Å². The molecule has 31 heavy (non-hydrogen) atoms. The van der Waals surface area contributed by atoms with Gasteiger partial charge in [0.05, 0.1) is 11.7 Å². The molecule has 1 atom stereocenters. The molecule has 0 aliphatic carbocycles. The number of carbonyl (C=O) groups excluding carboxylic acids is 1. The van der Waals surface area contributed by atoms with Crippen LogP contribution in [0.1, 0.15) is 24.0 Å². The molecule has 0 aromatic heterocycles. The fourth-order valence-corrected chi connectivity index (χ4v) is 5.71. The molecule has 0 spiro atoms. The van der Waals surface area contributed by atoms with Crippen LogP contribution in [0.5, 0.6) is 0 Å². The van der Waals surface area contributed by atoms with Gasteiger partial charge in [0.1, 0.15) is 0 Å². The van der Waals surface area contributed by atoms with Crippen molar-refractivity contribution in [2.75, 3.05) is 13.1 Å². The highest BCUT2D eigenvalue weighted by atomic mass is 35.5. The van der Waals surface area contributed by atoms with Crippen LogP contribution in [0.25, 0.3) is 10.8 Å². The van der Waals surface area contributed by atoms with Crippen molar-refractivity contribution in [3.05, 3.63) is 82.9 Å². The molecule has 3 aromatic rings. The maximum atomic E-state index is 12.9. The molecule has 1 aliphatic rings. The molecule has 0 saturated carbocycles. The zero-order valence-corrected chi connectivity index (χ0v) is 18.7. The number of carbonyl (C=O) groups is 1. The Morgan fingerprint density at radius 1 is 1.00 bits per heavy atom. The maximum absolute atomic E-state index is 12.9. The van der Waals surface area contributed by atoms with E-state index in [1.807, 2.05) is 30.3 Å². The third kappa shape index (κ3) is 5.45. The van der Waals surface area contributed by atoms with E-state index >= 15 is 0 Å². The smallest absolute Gasteiger partial charge is 0.224 e. The van der Waals surface area contributed by atoms with Gasteiger partial charge in [0.25, 0.3) is 0 Å². The SMILES string of the molecule is O=C(NCc1ccc2ccccc2c1)C1CCCN(S(=O)(=O)Cc2ccc(Cl)cc2)C1. The monoisotopic (exact) mass is 456 g/mol. The van der Waals surface area contributed by atoms with Crippen LogP contribution in [0.3, 0.4) is 0 Å². The molecule has 1 fully saturated rings. The summed E-state index contributed by atoms with van der Waals surface area (Å²) < 4.78 is 27.2. The first kappa shape index (κ1) is 21.8. The lowest BCUT2D eigenvalue weighted by Crippen LogP contribution is -2.45. The summed E-state index contributed by atoms with van der Waals surface area (Å²) in [5.41, 5.74) is 1.71. The van der Waals surface area contributed by atoms with Crippen LogP contribution in [0.4, 0.5) is 0 Å². The minimum absolute atomic E-state index is 0.0877. The maximum Gasteiger partial charge on any atom is 0.224 e. The van der Waals surface area contributed by atoms with Gasteiger partial charge in [-0.2, -0.15) is 0 Å². The van der Waals surface area contributed by atoms with E-state index in [9.17, 15) is 13.2 Å². The van der Waals surface area contributed by atoms with Crippen molar-refractivity contribution >= 4 is 38.3 Å². The Labute approximate surface area is 188 Å². The lowest BCUT2D eigenvalue weighted by molar-refractivity contribution is -0.126. The second-order valence-electron chi connectivity index (χ2n) is 7.98. The number of benzene rings is 3. The van der Waals surface area contributed by atoms with E-state index in [1.165, 1.54) is 4.31 Å². The Hall–Kier alpha value is -2.41. The van der Waals surface area contributed by atoms with E-state index in [4.69, 9.17) is 11.6 Å². The van der Waals surface area contributed by atoms with E-state index in [2.05, 4.69) is 17.4 Å². The van der Waals surface area contributed by atoms with E-state index in [-0.39, 0.29) is 24.1 Å². The highest BCUT2D eigenvalue weighted by molar-refractivity contribution is 7.88. The lowest BCUT2D eigenvalue weighted by atomic mass is 9.98. The molecule has 1 aliphatic heterocycles. The molecule has 1 heterocycles. The zero-order valence-electron chi connectivity index (χ0n) is 17.1. The van der Waals surface area contributed by atoms with E-state index in [0.29, 0.717) is 36.5 Å². The number of rotatable bonds is 6. The van der Waals surface area contributed by atoms with E-state index in [0.717, 1.165) is 16.3 Å². The van der Waals surface area contributed by atoms with Gasteiger partial charge in [0, 0.05) is 24.7 Å². The predicted molar refractivity (Wildman–Crippen MR) is 124 cm³/mol. The summed E-state index contributed by atoms with van der Waals surface area (Å²) in [7, 11) is -3.50. The Morgan fingerprint density at radius 2 is 1.71 bits per heavy atom.